The van der Waals surface area contributed by atoms with E-state index in [0.717, 1.165) is 11.1 Å². The number of nitrogens with one attached hydrogen (secondary N) is 1. The first-order chi connectivity index (χ1) is 12.3. The minimum atomic E-state index is -0.616. The number of likely N-dealkylation sites (N-methyl/N-ethyl adjacent to an activating group) is 1. The van der Waals surface area contributed by atoms with E-state index >= 15 is 0 Å². The topological polar surface area (TPSA) is 49.4 Å². The van der Waals surface area contributed by atoms with Gasteiger partial charge in [-0.15, -0.1) is 0 Å². The fraction of sp³-hybridized carbons (Fsp3) is 0.300. The third-order valence-corrected chi connectivity index (χ3v) is 4.95. The fourth-order valence-electron chi connectivity index (χ4n) is 2.75. The Bertz CT molecular complexity index is 788. The molecule has 0 saturated carbocycles. The standard InChI is InChI=1S/C20H22Cl2N2O2/c1-13-6-4-7-15(10-13)12-24(14(2)20(26)23-3)19(25)11-16-17(21)8-5-9-18(16)22/h4-10,14H,11-12H2,1-3H3,(H,23,26)/t14-/m0/s1. The van der Waals surface area contributed by atoms with E-state index in [1.54, 1.807) is 37.1 Å². The highest BCUT2D eigenvalue weighted by Crippen LogP contribution is 2.26. The highest BCUT2D eigenvalue weighted by Gasteiger charge is 2.26. The zero-order valence-corrected chi connectivity index (χ0v) is 16.6. The van der Waals surface area contributed by atoms with Crippen molar-refractivity contribution < 1.29 is 9.59 Å². The smallest absolute Gasteiger partial charge is 0.242 e. The summed E-state index contributed by atoms with van der Waals surface area (Å²) < 4.78 is 0. The molecule has 26 heavy (non-hydrogen) atoms. The molecule has 0 unspecified atom stereocenters. The summed E-state index contributed by atoms with van der Waals surface area (Å²) in [6.07, 6.45) is 0.0334. The number of carbonyl (C=O) groups excluding carboxylic acids is 2. The minimum Gasteiger partial charge on any atom is -0.357 e. The van der Waals surface area contributed by atoms with Crippen molar-refractivity contribution in [1.29, 1.82) is 0 Å². The van der Waals surface area contributed by atoms with Gasteiger partial charge >= 0.3 is 0 Å². The summed E-state index contributed by atoms with van der Waals surface area (Å²) in [6, 6.07) is 12.4. The normalized spacial score (nSPS) is 11.7. The Kier molecular flexibility index (Phi) is 7.06. The number of amides is 2. The predicted octanol–water partition coefficient (Wildman–Crippen LogP) is 4.01. The van der Waals surface area contributed by atoms with Crippen LogP contribution in [0.1, 0.15) is 23.6 Å². The Labute approximate surface area is 164 Å². The van der Waals surface area contributed by atoms with E-state index in [4.69, 9.17) is 23.2 Å². The summed E-state index contributed by atoms with van der Waals surface area (Å²) in [6.45, 7) is 4.03. The van der Waals surface area contributed by atoms with E-state index < -0.39 is 6.04 Å². The second-order valence-corrected chi connectivity index (χ2v) is 6.99. The van der Waals surface area contributed by atoms with Gasteiger partial charge in [0.1, 0.15) is 6.04 Å². The molecule has 0 aromatic heterocycles. The number of rotatable bonds is 6. The second kappa shape index (κ2) is 9.06. The second-order valence-electron chi connectivity index (χ2n) is 6.18. The van der Waals surface area contributed by atoms with E-state index in [2.05, 4.69) is 5.32 Å². The van der Waals surface area contributed by atoms with Gasteiger partial charge in [0, 0.05) is 23.6 Å². The Hall–Kier alpha value is -2.04. The quantitative estimate of drug-likeness (QED) is 0.806. The summed E-state index contributed by atoms with van der Waals surface area (Å²) in [5.74, 6) is -0.436. The van der Waals surface area contributed by atoms with Crippen LogP contribution < -0.4 is 5.32 Å². The zero-order valence-electron chi connectivity index (χ0n) is 15.1. The van der Waals surface area contributed by atoms with Gasteiger partial charge in [-0.25, -0.2) is 0 Å². The van der Waals surface area contributed by atoms with Crippen molar-refractivity contribution in [1.82, 2.24) is 10.2 Å². The van der Waals surface area contributed by atoms with Crippen LogP contribution in [-0.4, -0.2) is 29.8 Å². The lowest BCUT2D eigenvalue weighted by Gasteiger charge is -2.29. The van der Waals surface area contributed by atoms with Gasteiger partial charge in [0.25, 0.3) is 0 Å². The van der Waals surface area contributed by atoms with Crippen LogP contribution in [-0.2, 0) is 22.6 Å². The van der Waals surface area contributed by atoms with Gasteiger partial charge in [0.05, 0.1) is 6.42 Å². The fourth-order valence-corrected chi connectivity index (χ4v) is 3.28. The summed E-state index contributed by atoms with van der Waals surface area (Å²) in [5.41, 5.74) is 2.62. The monoisotopic (exact) mass is 392 g/mol. The molecular formula is C20H22Cl2N2O2. The molecule has 1 N–H and O–H groups in total. The van der Waals surface area contributed by atoms with Crippen molar-refractivity contribution >= 4 is 35.0 Å². The number of nitrogens with zero attached hydrogens (tertiary/aromatic N) is 1. The number of carbonyl (C=O) groups is 2. The van der Waals surface area contributed by atoms with Crippen molar-refractivity contribution in [3.63, 3.8) is 0 Å². The molecule has 2 rings (SSSR count). The van der Waals surface area contributed by atoms with E-state index in [9.17, 15) is 9.59 Å². The third-order valence-electron chi connectivity index (χ3n) is 4.24. The zero-order chi connectivity index (χ0) is 19.3. The first-order valence-corrected chi connectivity index (χ1v) is 9.08. The first-order valence-electron chi connectivity index (χ1n) is 8.33. The Morgan fingerprint density at radius 1 is 1.12 bits per heavy atom. The molecule has 0 aliphatic carbocycles. The number of hydrogen-bond donors (Lipinski definition) is 1. The van der Waals surface area contributed by atoms with Crippen molar-refractivity contribution in [3.8, 4) is 0 Å². The molecule has 0 spiro atoms. The lowest BCUT2D eigenvalue weighted by atomic mass is 10.1. The van der Waals surface area contributed by atoms with Gasteiger partial charge in [-0.3, -0.25) is 9.59 Å². The molecule has 0 aliphatic heterocycles. The number of halogens is 2. The molecule has 0 aliphatic rings. The average Bonchev–Trinajstić information content (AvgIpc) is 2.61. The summed E-state index contributed by atoms with van der Waals surface area (Å²) in [5, 5.41) is 3.48. The van der Waals surface area contributed by atoms with Crippen LogP contribution in [0.3, 0.4) is 0 Å². The Morgan fingerprint density at radius 2 is 1.73 bits per heavy atom. The summed E-state index contributed by atoms with van der Waals surface area (Å²) in [7, 11) is 1.55. The first kappa shape index (κ1) is 20.3. The Balaban J connectivity index is 2.30. The van der Waals surface area contributed by atoms with Gasteiger partial charge in [0.2, 0.25) is 11.8 Å². The van der Waals surface area contributed by atoms with Crippen LogP contribution >= 0.6 is 23.2 Å². The molecule has 2 aromatic carbocycles. The van der Waals surface area contributed by atoms with Crippen LogP contribution in [0.2, 0.25) is 10.0 Å². The highest BCUT2D eigenvalue weighted by molar-refractivity contribution is 6.36. The molecular weight excluding hydrogens is 371 g/mol. The molecule has 0 saturated heterocycles. The number of hydrogen-bond acceptors (Lipinski definition) is 2. The minimum absolute atomic E-state index is 0.0334. The molecule has 0 heterocycles. The molecule has 1 atom stereocenters. The number of benzene rings is 2. The predicted molar refractivity (Wildman–Crippen MR) is 105 cm³/mol. The van der Waals surface area contributed by atoms with Gasteiger partial charge in [0.15, 0.2) is 0 Å². The molecule has 0 radical (unpaired) electrons. The van der Waals surface area contributed by atoms with Gasteiger partial charge in [-0.1, -0.05) is 59.1 Å². The van der Waals surface area contributed by atoms with Crippen molar-refractivity contribution in [3.05, 3.63) is 69.2 Å². The lowest BCUT2D eigenvalue weighted by Crippen LogP contribution is -2.47. The summed E-state index contributed by atoms with van der Waals surface area (Å²) in [4.78, 5) is 26.7. The molecule has 0 bridgehead atoms. The SMILES string of the molecule is CNC(=O)[C@H](C)N(Cc1cccc(C)c1)C(=O)Cc1c(Cl)cccc1Cl. The van der Waals surface area contributed by atoms with E-state index in [1.807, 2.05) is 31.2 Å². The Morgan fingerprint density at radius 3 is 2.31 bits per heavy atom. The van der Waals surface area contributed by atoms with Crippen molar-refractivity contribution in [2.75, 3.05) is 7.05 Å². The van der Waals surface area contributed by atoms with Crippen LogP contribution in [0.5, 0.6) is 0 Å². The van der Waals surface area contributed by atoms with E-state index in [0.29, 0.717) is 22.2 Å². The molecule has 138 valence electrons. The van der Waals surface area contributed by atoms with Crippen LogP contribution in [0.15, 0.2) is 42.5 Å². The largest absolute Gasteiger partial charge is 0.357 e. The van der Waals surface area contributed by atoms with Crippen molar-refractivity contribution in [2.24, 2.45) is 0 Å². The average molecular weight is 393 g/mol. The highest BCUT2D eigenvalue weighted by atomic mass is 35.5. The lowest BCUT2D eigenvalue weighted by molar-refractivity contribution is -0.139. The van der Waals surface area contributed by atoms with E-state index in [1.165, 1.54) is 0 Å². The van der Waals surface area contributed by atoms with Gasteiger partial charge < -0.3 is 10.2 Å². The number of aryl methyl sites for hydroxylation is 1. The van der Waals surface area contributed by atoms with E-state index in [-0.39, 0.29) is 18.2 Å². The molecule has 2 amide bonds. The van der Waals surface area contributed by atoms with Crippen molar-refractivity contribution in [2.45, 2.75) is 32.9 Å². The molecule has 6 heteroatoms. The summed E-state index contributed by atoms with van der Waals surface area (Å²) >= 11 is 12.4. The van der Waals surface area contributed by atoms with Crippen LogP contribution in [0.25, 0.3) is 0 Å². The van der Waals surface area contributed by atoms with Gasteiger partial charge in [-0.2, -0.15) is 0 Å². The molecule has 4 nitrogen and oxygen atoms in total. The maximum absolute atomic E-state index is 13.0. The molecule has 0 fully saturated rings. The van der Waals surface area contributed by atoms with Gasteiger partial charge in [-0.05, 0) is 37.1 Å². The maximum Gasteiger partial charge on any atom is 0.242 e. The van der Waals surface area contributed by atoms with Crippen LogP contribution in [0, 0.1) is 6.92 Å². The maximum atomic E-state index is 13.0. The van der Waals surface area contributed by atoms with Crippen LogP contribution in [0.4, 0.5) is 0 Å². The third kappa shape index (κ3) is 4.99. The molecule has 2 aromatic rings.